The van der Waals surface area contributed by atoms with E-state index in [4.69, 9.17) is 4.74 Å². The van der Waals surface area contributed by atoms with Gasteiger partial charge in [-0.05, 0) is 31.2 Å². The highest BCUT2D eigenvalue weighted by Gasteiger charge is 2.31. The molecule has 0 bridgehead atoms. The molecular weight excluding hydrogens is 371 g/mol. The molecule has 3 rings (SSSR count). The van der Waals surface area contributed by atoms with Crippen LogP contribution in [0.1, 0.15) is 5.56 Å². The molecule has 0 spiro atoms. The molecule has 2 aromatic rings. The summed E-state index contributed by atoms with van der Waals surface area (Å²) >= 11 is 0. The molecule has 0 N–H and O–H groups in total. The van der Waals surface area contributed by atoms with Crippen LogP contribution in [-0.2, 0) is 14.8 Å². The summed E-state index contributed by atoms with van der Waals surface area (Å²) in [5.41, 5.74) is 1.10. The second-order valence-corrected chi connectivity index (χ2v) is 8.22. The Kier molecular flexibility index (Phi) is 5.76. The minimum Gasteiger partial charge on any atom is -0.484 e. The van der Waals surface area contributed by atoms with Gasteiger partial charge in [0.05, 0.1) is 0 Å². The second kappa shape index (κ2) is 8.06. The lowest BCUT2D eigenvalue weighted by Crippen LogP contribution is -2.51. The molecule has 1 fully saturated rings. The summed E-state index contributed by atoms with van der Waals surface area (Å²) in [5, 5.41) is 0. The number of benzene rings is 2. The molecule has 1 aliphatic heterocycles. The van der Waals surface area contributed by atoms with Crippen LogP contribution < -0.4 is 4.74 Å². The Morgan fingerprint density at radius 3 is 2.30 bits per heavy atom. The predicted molar refractivity (Wildman–Crippen MR) is 98.4 cm³/mol. The molecule has 0 radical (unpaired) electrons. The standard InChI is InChI=1S/C19H21FN2O4S/c1-15-6-8-16(9-7-15)26-14-19(23)21-10-12-22(13-11-21)27(24,25)18-5-3-2-4-17(18)20/h2-9H,10-14H2,1H3. The topological polar surface area (TPSA) is 66.9 Å². The molecule has 1 heterocycles. The van der Waals surface area contributed by atoms with E-state index in [1.54, 1.807) is 17.0 Å². The average Bonchev–Trinajstić information content (AvgIpc) is 2.67. The van der Waals surface area contributed by atoms with E-state index in [9.17, 15) is 17.6 Å². The SMILES string of the molecule is Cc1ccc(OCC(=O)N2CCN(S(=O)(=O)c3ccccc3F)CC2)cc1. The van der Waals surface area contributed by atoms with Crippen LogP contribution in [0.25, 0.3) is 0 Å². The average molecular weight is 392 g/mol. The van der Waals surface area contributed by atoms with E-state index in [1.807, 2.05) is 19.1 Å². The van der Waals surface area contributed by atoms with Crippen LogP contribution in [-0.4, -0.2) is 56.3 Å². The highest BCUT2D eigenvalue weighted by atomic mass is 32.2. The molecule has 0 aromatic heterocycles. The molecule has 2 aromatic carbocycles. The van der Waals surface area contributed by atoms with E-state index in [-0.39, 0.29) is 43.6 Å². The number of aryl methyl sites for hydroxylation is 1. The number of carbonyl (C=O) groups excluding carboxylic acids is 1. The van der Waals surface area contributed by atoms with Gasteiger partial charge < -0.3 is 9.64 Å². The Bertz CT molecular complexity index is 908. The first-order chi connectivity index (χ1) is 12.9. The van der Waals surface area contributed by atoms with Gasteiger partial charge in [-0.25, -0.2) is 12.8 Å². The summed E-state index contributed by atoms with van der Waals surface area (Å²) in [6.45, 7) is 2.57. The Labute approximate surface area is 158 Å². The van der Waals surface area contributed by atoms with Gasteiger partial charge in [-0.15, -0.1) is 0 Å². The Balaban J connectivity index is 1.56. The predicted octanol–water partition coefficient (Wildman–Crippen LogP) is 2.05. The molecule has 6 nitrogen and oxygen atoms in total. The fourth-order valence-electron chi connectivity index (χ4n) is 2.84. The molecule has 1 saturated heterocycles. The maximum atomic E-state index is 13.8. The first-order valence-corrected chi connectivity index (χ1v) is 10.0. The van der Waals surface area contributed by atoms with Crippen LogP contribution in [0.4, 0.5) is 4.39 Å². The monoisotopic (exact) mass is 392 g/mol. The van der Waals surface area contributed by atoms with Gasteiger partial charge >= 0.3 is 0 Å². The van der Waals surface area contributed by atoms with E-state index in [2.05, 4.69) is 0 Å². The quantitative estimate of drug-likeness (QED) is 0.781. The van der Waals surface area contributed by atoms with Crippen LogP contribution in [0, 0.1) is 12.7 Å². The third kappa shape index (κ3) is 4.45. The zero-order valence-electron chi connectivity index (χ0n) is 15.0. The van der Waals surface area contributed by atoms with Gasteiger partial charge in [-0.2, -0.15) is 4.31 Å². The van der Waals surface area contributed by atoms with Crippen molar-refractivity contribution in [1.29, 1.82) is 0 Å². The first-order valence-electron chi connectivity index (χ1n) is 8.60. The molecule has 27 heavy (non-hydrogen) atoms. The minimum absolute atomic E-state index is 0.108. The van der Waals surface area contributed by atoms with Gasteiger partial charge in [0.15, 0.2) is 6.61 Å². The van der Waals surface area contributed by atoms with Crippen LogP contribution in [0.15, 0.2) is 53.4 Å². The van der Waals surface area contributed by atoms with Gasteiger partial charge in [0.25, 0.3) is 5.91 Å². The van der Waals surface area contributed by atoms with Crippen molar-refractivity contribution < 1.29 is 22.3 Å². The van der Waals surface area contributed by atoms with Crippen molar-refractivity contribution in [3.05, 3.63) is 59.9 Å². The zero-order chi connectivity index (χ0) is 19.4. The van der Waals surface area contributed by atoms with Crippen molar-refractivity contribution in [2.24, 2.45) is 0 Å². The number of amides is 1. The fraction of sp³-hybridized carbons (Fsp3) is 0.316. The van der Waals surface area contributed by atoms with E-state index in [1.165, 1.54) is 22.5 Å². The maximum absolute atomic E-state index is 13.8. The number of carbonyl (C=O) groups is 1. The molecule has 144 valence electrons. The first kappa shape index (κ1) is 19.3. The van der Waals surface area contributed by atoms with Gasteiger partial charge in [0, 0.05) is 26.2 Å². The van der Waals surface area contributed by atoms with E-state index in [0.717, 1.165) is 11.6 Å². The van der Waals surface area contributed by atoms with Crippen LogP contribution >= 0.6 is 0 Å². The van der Waals surface area contributed by atoms with Crippen molar-refractivity contribution in [3.8, 4) is 5.75 Å². The molecule has 0 atom stereocenters. The molecule has 0 saturated carbocycles. The second-order valence-electron chi connectivity index (χ2n) is 6.32. The Hall–Kier alpha value is -2.45. The molecule has 1 amide bonds. The number of ether oxygens (including phenoxy) is 1. The largest absolute Gasteiger partial charge is 0.484 e. The van der Waals surface area contributed by atoms with Crippen molar-refractivity contribution in [1.82, 2.24) is 9.21 Å². The third-order valence-electron chi connectivity index (χ3n) is 4.43. The van der Waals surface area contributed by atoms with Crippen molar-refractivity contribution in [3.63, 3.8) is 0 Å². The maximum Gasteiger partial charge on any atom is 0.260 e. The van der Waals surface area contributed by atoms with Crippen molar-refractivity contribution >= 4 is 15.9 Å². The molecule has 1 aliphatic rings. The van der Waals surface area contributed by atoms with Crippen LogP contribution in [0.5, 0.6) is 5.75 Å². The number of piperazine rings is 1. The summed E-state index contributed by atoms with van der Waals surface area (Å²) in [6.07, 6.45) is 0. The number of hydrogen-bond donors (Lipinski definition) is 0. The lowest BCUT2D eigenvalue weighted by molar-refractivity contribution is -0.134. The minimum atomic E-state index is -3.91. The third-order valence-corrected chi connectivity index (χ3v) is 6.36. The number of hydrogen-bond acceptors (Lipinski definition) is 4. The highest BCUT2D eigenvalue weighted by molar-refractivity contribution is 7.89. The lowest BCUT2D eigenvalue weighted by Gasteiger charge is -2.34. The number of nitrogens with zero attached hydrogens (tertiary/aromatic N) is 2. The Morgan fingerprint density at radius 2 is 1.67 bits per heavy atom. The van der Waals surface area contributed by atoms with E-state index >= 15 is 0 Å². The summed E-state index contributed by atoms with van der Waals surface area (Å²) < 4.78 is 45.7. The molecule has 0 aliphatic carbocycles. The number of rotatable bonds is 5. The van der Waals surface area contributed by atoms with Crippen molar-refractivity contribution in [2.45, 2.75) is 11.8 Å². The summed E-state index contributed by atoms with van der Waals surface area (Å²) in [4.78, 5) is 13.5. The van der Waals surface area contributed by atoms with Crippen LogP contribution in [0.3, 0.4) is 0 Å². The number of halogens is 1. The van der Waals surface area contributed by atoms with Gasteiger partial charge in [0.1, 0.15) is 16.5 Å². The van der Waals surface area contributed by atoms with E-state index < -0.39 is 15.8 Å². The van der Waals surface area contributed by atoms with Gasteiger partial charge in [0.2, 0.25) is 10.0 Å². The summed E-state index contributed by atoms with van der Waals surface area (Å²) in [5.74, 6) is -0.379. The van der Waals surface area contributed by atoms with Crippen LogP contribution in [0.2, 0.25) is 0 Å². The number of sulfonamides is 1. The molecular formula is C19H21FN2O4S. The van der Waals surface area contributed by atoms with Crippen molar-refractivity contribution in [2.75, 3.05) is 32.8 Å². The Morgan fingerprint density at radius 1 is 1.04 bits per heavy atom. The highest BCUT2D eigenvalue weighted by Crippen LogP contribution is 2.20. The molecule has 8 heteroatoms. The van der Waals surface area contributed by atoms with Gasteiger partial charge in [-0.1, -0.05) is 29.8 Å². The van der Waals surface area contributed by atoms with Gasteiger partial charge in [-0.3, -0.25) is 4.79 Å². The lowest BCUT2D eigenvalue weighted by atomic mass is 10.2. The smallest absolute Gasteiger partial charge is 0.260 e. The fourth-order valence-corrected chi connectivity index (χ4v) is 4.33. The zero-order valence-corrected chi connectivity index (χ0v) is 15.8. The summed E-state index contributed by atoms with van der Waals surface area (Å²) in [6, 6.07) is 12.7. The molecule has 0 unspecified atom stereocenters. The normalized spacial score (nSPS) is 15.6. The van der Waals surface area contributed by atoms with E-state index in [0.29, 0.717) is 5.75 Å². The summed E-state index contributed by atoms with van der Waals surface area (Å²) in [7, 11) is -3.91.